The lowest BCUT2D eigenvalue weighted by molar-refractivity contribution is -0.123. The highest BCUT2D eigenvalue weighted by molar-refractivity contribution is 7.89. The van der Waals surface area contributed by atoms with Gasteiger partial charge in [0, 0.05) is 46.5 Å². The van der Waals surface area contributed by atoms with Crippen LogP contribution in [0.15, 0.2) is 48.7 Å². The van der Waals surface area contributed by atoms with Gasteiger partial charge in [-0.15, -0.1) is 10.2 Å². The van der Waals surface area contributed by atoms with Crippen LogP contribution in [0.4, 0.5) is 26.3 Å². The van der Waals surface area contributed by atoms with E-state index < -0.39 is 86.7 Å². The fourth-order valence-corrected chi connectivity index (χ4v) is 7.60. The Hall–Kier alpha value is -5.24. The van der Waals surface area contributed by atoms with Crippen LogP contribution in [-0.4, -0.2) is 49.9 Å². The molecule has 17 heteroatoms. The number of alkyl halides is 4. The van der Waals surface area contributed by atoms with Crippen molar-refractivity contribution in [1.82, 2.24) is 34.7 Å². The van der Waals surface area contributed by atoms with Gasteiger partial charge in [-0.25, -0.2) is 31.0 Å². The molecule has 4 heterocycles. The van der Waals surface area contributed by atoms with Gasteiger partial charge in [-0.1, -0.05) is 5.92 Å². The fourth-order valence-electron chi connectivity index (χ4n) is 6.93. The number of carbonyl (C=O) groups excluding carboxylic acids is 1. The molecule has 1 saturated carbocycles. The zero-order chi connectivity index (χ0) is 38.9. The Kier molecular flexibility index (Phi) is 9.10. The number of aromatic nitrogens is 6. The number of benzene rings is 1. The van der Waals surface area contributed by atoms with Crippen LogP contribution in [0.3, 0.4) is 0 Å². The maximum atomic E-state index is 15.3. The zero-order valence-corrected chi connectivity index (χ0v) is 30.2. The molecule has 4 aromatic heterocycles. The number of hydrogen-bond donors (Lipinski definition) is 1. The number of hydrogen-bond acceptors (Lipinski definition) is 7. The van der Waals surface area contributed by atoms with Gasteiger partial charge in [-0.3, -0.25) is 13.9 Å². The summed E-state index contributed by atoms with van der Waals surface area (Å²) in [5, 5.41) is 14.8. The standard InChI is InChI=1S/C37H33F6N7O3S/c1-36(2,3)10-9-22-7-8-23(24-6-5-11-49-28(18-54(4,52)53)46-47-35(24)49)31(44-22)27(14-19-12-20(38)15-21(39)13-19)45-29(51)17-50-33-30(32(48-50)34(40)41)25-16-26(25)37(33,42)43/h5-8,11-13,15,25-27,34H,14,16-18H2,1-4H3,(H,45,51)/t25-,26+,27-/m0/s1. The van der Waals surface area contributed by atoms with E-state index in [0.717, 1.165) is 18.4 Å². The molecule has 7 rings (SSSR count). The minimum absolute atomic E-state index is 0.0430. The molecule has 0 saturated heterocycles. The van der Waals surface area contributed by atoms with E-state index in [4.69, 9.17) is 4.98 Å². The highest BCUT2D eigenvalue weighted by Gasteiger charge is 2.67. The minimum Gasteiger partial charge on any atom is -0.346 e. The summed E-state index contributed by atoms with van der Waals surface area (Å²) < 4.78 is 114. The first-order valence-electron chi connectivity index (χ1n) is 16.9. The molecule has 282 valence electrons. The summed E-state index contributed by atoms with van der Waals surface area (Å²) in [7, 11) is -3.51. The fraction of sp³-hybridized carbons (Fsp3) is 0.378. The molecule has 54 heavy (non-hydrogen) atoms. The van der Waals surface area contributed by atoms with E-state index >= 15 is 8.78 Å². The van der Waals surface area contributed by atoms with Crippen molar-refractivity contribution in [1.29, 1.82) is 0 Å². The molecular formula is C37H33F6N7O3S. The van der Waals surface area contributed by atoms with Crippen molar-refractivity contribution in [2.75, 3.05) is 6.26 Å². The lowest BCUT2D eigenvalue weighted by Gasteiger charge is -2.23. The van der Waals surface area contributed by atoms with E-state index in [1.165, 1.54) is 4.40 Å². The first-order valence-corrected chi connectivity index (χ1v) is 18.9. The van der Waals surface area contributed by atoms with Crippen molar-refractivity contribution in [3.63, 3.8) is 0 Å². The topological polar surface area (TPSA) is 124 Å². The first-order chi connectivity index (χ1) is 25.3. The van der Waals surface area contributed by atoms with Crippen LogP contribution in [0, 0.1) is 34.8 Å². The van der Waals surface area contributed by atoms with Gasteiger partial charge in [-0.05, 0) is 87.4 Å². The molecule has 1 N–H and O–H groups in total. The molecule has 0 unspecified atom stereocenters. The Morgan fingerprint density at radius 1 is 1.06 bits per heavy atom. The van der Waals surface area contributed by atoms with E-state index in [1.54, 1.807) is 30.5 Å². The van der Waals surface area contributed by atoms with Gasteiger partial charge in [-0.2, -0.15) is 13.9 Å². The Balaban J connectivity index is 1.35. The molecule has 0 bridgehead atoms. The first kappa shape index (κ1) is 37.1. The molecule has 0 radical (unpaired) electrons. The predicted octanol–water partition coefficient (Wildman–Crippen LogP) is 6.45. The van der Waals surface area contributed by atoms with Gasteiger partial charge in [0.15, 0.2) is 21.3 Å². The Morgan fingerprint density at radius 3 is 2.44 bits per heavy atom. The quantitative estimate of drug-likeness (QED) is 0.128. The molecular weight excluding hydrogens is 737 g/mol. The smallest absolute Gasteiger partial charge is 0.293 e. The molecule has 0 aliphatic heterocycles. The Labute approximate surface area is 305 Å². The molecule has 0 spiro atoms. The SMILES string of the molecule is CC(C)(C)C#Cc1ccc(-c2cccn3c(CS(C)(=O)=O)nnc23)c([C@H](Cc2cc(F)cc(F)c2)NC(=O)Cn2nc(C(F)F)c3c2C(F)(F)[C@@H]2C[C@H]32)n1. The third-order valence-corrected chi connectivity index (χ3v) is 9.95. The number of nitrogens with zero attached hydrogens (tertiary/aromatic N) is 6. The van der Waals surface area contributed by atoms with E-state index in [0.29, 0.717) is 21.9 Å². The third kappa shape index (κ3) is 7.31. The van der Waals surface area contributed by atoms with E-state index in [-0.39, 0.29) is 46.8 Å². The monoisotopic (exact) mass is 769 g/mol. The van der Waals surface area contributed by atoms with Crippen molar-refractivity contribution >= 4 is 21.4 Å². The molecule has 1 amide bonds. The van der Waals surface area contributed by atoms with Crippen LogP contribution in [0.5, 0.6) is 0 Å². The molecule has 2 aliphatic rings. The maximum absolute atomic E-state index is 15.3. The minimum atomic E-state index is -3.51. The lowest BCUT2D eigenvalue weighted by Crippen LogP contribution is -2.35. The largest absolute Gasteiger partial charge is 0.346 e. The number of sulfone groups is 1. The second-order valence-corrected chi connectivity index (χ2v) is 16.9. The van der Waals surface area contributed by atoms with Crippen molar-refractivity contribution in [3.8, 4) is 23.0 Å². The van der Waals surface area contributed by atoms with Gasteiger partial charge in [0.05, 0.1) is 11.7 Å². The Morgan fingerprint density at radius 2 is 1.78 bits per heavy atom. The molecule has 5 aromatic rings. The van der Waals surface area contributed by atoms with Gasteiger partial charge < -0.3 is 5.32 Å². The summed E-state index contributed by atoms with van der Waals surface area (Å²) in [5.41, 5.74) is -0.761. The van der Waals surface area contributed by atoms with Crippen molar-refractivity contribution < 1.29 is 39.6 Å². The number of amides is 1. The molecule has 2 aliphatic carbocycles. The zero-order valence-electron chi connectivity index (χ0n) is 29.3. The molecule has 3 atom stereocenters. The third-order valence-electron chi connectivity index (χ3n) is 9.16. The summed E-state index contributed by atoms with van der Waals surface area (Å²) in [6, 6.07) is 8.10. The summed E-state index contributed by atoms with van der Waals surface area (Å²) in [6.45, 7) is 4.78. The van der Waals surface area contributed by atoms with Crippen LogP contribution >= 0.6 is 0 Å². The highest BCUT2D eigenvalue weighted by Crippen LogP contribution is 2.68. The second kappa shape index (κ2) is 13.3. The summed E-state index contributed by atoms with van der Waals surface area (Å²) in [5.74, 6) is -2.31. The summed E-state index contributed by atoms with van der Waals surface area (Å²) in [6.07, 6.45) is -0.752. The van der Waals surface area contributed by atoms with Crippen molar-refractivity contribution in [2.24, 2.45) is 11.3 Å². The number of fused-ring (bicyclic) bond motifs is 4. The average molecular weight is 770 g/mol. The number of halogens is 6. The number of rotatable bonds is 10. The van der Waals surface area contributed by atoms with Crippen molar-refractivity contribution in [2.45, 2.75) is 70.2 Å². The highest BCUT2D eigenvalue weighted by atomic mass is 32.2. The number of pyridine rings is 2. The second-order valence-electron chi connectivity index (χ2n) is 14.7. The maximum Gasteiger partial charge on any atom is 0.293 e. The number of carbonyl (C=O) groups is 1. The summed E-state index contributed by atoms with van der Waals surface area (Å²) in [4.78, 5) is 18.6. The normalized spacial score (nSPS) is 17.9. The molecule has 10 nitrogen and oxygen atoms in total. The van der Waals surface area contributed by atoms with E-state index in [2.05, 4.69) is 32.5 Å². The van der Waals surface area contributed by atoms with E-state index in [1.807, 2.05) is 20.8 Å². The predicted molar refractivity (Wildman–Crippen MR) is 184 cm³/mol. The summed E-state index contributed by atoms with van der Waals surface area (Å²) >= 11 is 0. The van der Waals surface area contributed by atoms with Crippen LogP contribution in [0.25, 0.3) is 16.8 Å². The van der Waals surface area contributed by atoms with Gasteiger partial charge in [0.1, 0.15) is 41.0 Å². The van der Waals surface area contributed by atoms with E-state index in [9.17, 15) is 30.8 Å². The van der Waals surface area contributed by atoms with Gasteiger partial charge >= 0.3 is 0 Å². The Bertz CT molecular complexity index is 2480. The van der Waals surface area contributed by atoms with Crippen molar-refractivity contribution in [3.05, 3.63) is 100 Å². The van der Waals surface area contributed by atoms with Crippen LogP contribution < -0.4 is 5.32 Å². The van der Waals surface area contributed by atoms with Gasteiger partial charge in [0.25, 0.3) is 12.3 Å². The van der Waals surface area contributed by atoms with Gasteiger partial charge in [0.2, 0.25) is 5.91 Å². The van der Waals surface area contributed by atoms with Crippen LogP contribution in [-0.2, 0) is 39.3 Å². The molecule has 1 fully saturated rings. The average Bonchev–Trinajstić information content (AvgIpc) is 3.55. The lowest BCUT2D eigenvalue weighted by atomic mass is 9.94. The number of nitrogens with one attached hydrogen (secondary N) is 1. The van der Waals surface area contributed by atoms with Crippen LogP contribution in [0.2, 0.25) is 0 Å². The molecule has 1 aromatic carbocycles. The van der Waals surface area contributed by atoms with Crippen LogP contribution in [0.1, 0.15) is 85.3 Å².